The number of nitrogens with one attached hydrogen (secondary N) is 1. The van der Waals surface area contributed by atoms with Crippen LogP contribution in [-0.4, -0.2) is 17.3 Å². The third kappa shape index (κ3) is 4.11. The van der Waals surface area contributed by atoms with Gasteiger partial charge in [-0.2, -0.15) is 4.98 Å². The summed E-state index contributed by atoms with van der Waals surface area (Å²) in [6.07, 6.45) is 0. The lowest BCUT2D eigenvalue weighted by Gasteiger charge is -2.17. The zero-order chi connectivity index (χ0) is 19.3. The van der Waals surface area contributed by atoms with Gasteiger partial charge in [-0.05, 0) is 53.4 Å². The summed E-state index contributed by atoms with van der Waals surface area (Å²) in [4.78, 5) is 5.59. The summed E-state index contributed by atoms with van der Waals surface area (Å²) in [5.41, 5.74) is 1.82. The van der Waals surface area contributed by atoms with Gasteiger partial charge in [-0.3, -0.25) is 5.32 Å². The van der Waals surface area contributed by atoms with Gasteiger partial charge in [0.2, 0.25) is 11.7 Å². The van der Waals surface area contributed by atoms with E-state index in [1.165, 1.54) is 12.1 Å². The standard InChI is InChI=1S/C21H18FN3O2S/c1-26-17-10-6-15(7-11-17)21-24-19(27-25-21)13-23-20(18-3-2-12-28-18)14-4-8-16(22)9-5-14/h2-12,20,23H,13H2,1H3. The van der Waals surface area contributed by atoms with Crippen molar-refractivity contribution in [2.24, 2.45) is 0 Å². The molecule has 4 aromatic rings. The van der Waals surface area contributed by atoms with Gasteiger partial charge in [-0.25, -0.2) is 4.39 Å². The maximum Gasteiger partial charge on any atom is 0.240 e. The second-order valence-corrected chi connectivity index (χ2v) is 7.10. The molecule has 5 nitrogen and oxygen atoms in total. The molecule has 1 N–H and O–H groups in total. The number of hydrogen-bond donors (Lipinski definition) is 1. The Bertz CT molecular complexity index is 1010. The smallest absolute Gasteiger partial charge is 0.240 e. The number of rotatable bonds is 7. The Morgan fingerprint density at radius 1 is 1.11 bits per heavy atom. The molecule has 0 amide bonds. The van der Waals surface area contributed by atoms with Gasteiger partial charge in [0.05, 0.1) is 19.7 Å². The molecule has 0 saturated carbocycles. The molecule has 0 radical (unpaired) electrons. The van der Waals surface area contributed by atoms with Gasteiger partial charge in [0.15, 0.2) is 0 Å². The number of hydrogen-bond acceptors (Lipinski definition) is 6. The summed E-state index contributed by atoms with van der Waals surface area (Å²) in [5, 5.41) is 9.50. The van der Waals surface area contributed by atoms with Crippen LogP contribution >= 0.6 is 11.3 Å². The number of ether oxygens (including phenoxy) is 1. The van der Waals surface area contributed by atoms with E-state index in [0.717, 1.165) is 21.8 Å². The van der Waals surface area contributed by atoms with E-state index in [1.54, 1.807) is 30.6 Å². The first-order valence-electron chi connectivity index (χ1n) is 8.72. The highest BCUT2D eigenvalue weighted by molar-refractivity contribution is 7.10. The second kappa shape index (κ2) is 8.33. The molecule has 4 rings (SSSR count). The van der Waals surface area contributed by atoms with Crippen molar-refractivity contribution in [3.63, 3.8) is 0 Å². The van der Waals surface area contributed by atoms with E-state index >= 15 is 0 Å². The first-order valence-corrected chi connectivity index (χ1v) is 9.60. The summed E-state index contributed by atoms with van der Waals surface area (Å²) in [5.74, 6) is 1.52. The van der Waals surface area contributed by atoms with Gasteiger partial charge in [0.1, 0.15) is 11.6 Å². The fourth-order valence-corrected chi connectivity index (χ4v) is 3.69. The predicted molar refractivity (Wildman–Crippen MR) is 106 cm³/mol. The third-order valence-electron chi connectivity index (χ3n) is 4.30. The maximum atomic E-state index is 13.3. The van der Waals surface area contributed by atoms with E-state index in [4.69, 9.17) is 9.26 Å². The largest absolute Gasteiger partial charge is 0.497 e. The van der Waals surface area contributed by atoms with E-state index in [9.17, 15) is 4.39 Å². The molecular formula is C21H18FN3O2S. The molecular weight excluding hydrogens is 377 g/mol. The van der Waals surface area contributed by atoms with Crippen LogP contribution in [0.15, 0.2) is 70.6 Å². The zero-order valence-electron chi connectivity index (χ0n) is 15.1. The Hall–Kier alpha value is -3.03. The van der Waals surface area contributed by atoms with Crippen LogP contribution in [-0.2, 0) is 6.54 Å². The Morgan fingerprint density at radius 3 is 2.57 bits per heavy atom. The summed E-state index contributed by atoms with van der Waals surface area (Å²) < 4.78 is 23.8. The molecule has 1 unspecified atom stereocenters. The predicted octanol–water partition coefficient (Wildman–Crippen LogP) is 4.83. The summed E-state index contributed by atoms with van der Waals surface area (Å²) in [7, 11) is 1.62. The Labute approximate surface area is 165 Å². The molecule has 0 aliphatic carbocycles. The molecule has 0 bridgehead atoms. The number of thiophene rings is 1. The topological polar surface area (TPSA) is 60.2 Å². The van der Waals surface area contributed by atoms with Crippen LogP contribution in [0.5, 0.6) is 5.75 Å². The first-order chi connectivity index (χ1) is 13.7. The van der Waals surface area contributed by atoms with Gasteiger partial charge in [0, 0.05) is 10.4 Å². The van der Waals surface area contributed by atoms with Crippen LogP contribution in [0.3, 0.4) is 0 Å². The lowest BCUT2D eigenvalue weighted by atomic mass is 10.1. The molecule has 0 aliphatic heterocycles. The Balaban J connectivity index is 1.50. The molecule has 7 heteroatoms. The minimum absolute atomic E-state index is 0.0862. The minimum Gasteiger partial charge on any atom is -0.497 e. The van der Waals surface area contributed by atoms with Crippen molar-refractivity contribution in [3.8, 4) is 17.1 Å². The lowest BCUT2D eigenvalue weighted by molar-refractivity contribution is 0.363. The minimum atomic E-state index is -0.255. The van der Waals surface area contributed by atoms with Crippen molar-refractivity contribution >= 4 is 11.3 Å². The molecule has 2 aromatic carbocycles. The average molecular weight is 395 g/mol. The highest BCUT2D eigenvalue weighted by Gasteiger charge is 2.17. The molecule has 142 valence electrons. The van der Waals surface area contributed by atoms with Crippen molar-refractivity contribution in [2.75, 3.05) is 7.11 Å². The number of benzene rings is 2. The van der Waals surface area contributed by atoms with Gasteiger partial charge in [-0.15, -0.1) is 11.3 Å². The van der Waals surface area contributed by atoms with Crippen molar-refractivity contribution in [1.82, 2.24) is 15.5 Å². The number of methoxy groups -OCH3 is 1. The maximum absolute atomic E-state index is 13.3. The van der Waals surface area contributed by atoms with Gasteiger partial charge < -0.3 is 9.26 Å². The SMILES string of the molecule is COc1ccc(-c2noc(CNC(c3ccc(F)cc3)c3cccs3)n2)cc1. The molecule has 0 saturated heterocycles. The first kappa shape index (κ1) is 18.3. The molecule has 28 heavy (non-hydrogen) atoms. The van der Waals surface area contributed by atoms with E-state index < -0.39 is 0 Å². The summed E-state index contributed by atoms with van der Waals surface area (Å²) >= 11 is 1.64. The van der Waals surface area contributed by atoms with Crippen LogP contribution in [0.1, 0.15) is 22.4 Å². The lowest BCUT2D eigenvalue weighted by Crippen LogP contribution is -2.21. The normalized spacial score (nSPS) is 12.1. The van der Waals surface area contributed by atoms with E-state index in [1.807, 2.05) is 41.8 Å². The molecule has 0 spiro atoms. The van der Waals surface area contributed by atoms with Crippen molar-refractivity contribution in [1.29, 1.82) is 0 Å². The van der Waals surface area contributed by atoms with E-state index in [0.29, 0.717) is 18.3 Å². The van der Waals surface area contributed by atoms with Crippen LogP contribution in [0.25, 0.3) is 11.4 Å². The van der Waals surface area contributed by atoms with Crippen molar-refractivity contribution < 1.29 is 13.7 Å². The second-order valence-electron chi connectivity index (χ2n) is 6.12. The molecule has 0 aliphatic rings. The number of aromatic nitrogens is 2. The highest BCUT2D eigenvalue weighted by atomic mass is 32.1. The molecule has 2 aromatic heterocycles. The Kier molecular flexibility index (Phi) is 5.45. The van der Waals surface area contributed by atoms with Crippen molar-refractivity contribution in [2.45, 2.75) is 12.6 Å². The highest BCUT2D eigenvalue weighted by Crippen LogP contribution is 2.27. The molecule has 2 heterocycles. The van der Waals surface area contributed by atoms with Gasteiger partial charge in [-0.1, -0.05) is 23.4 Å². The average Bonchev–Trinajstić information content (AvgIpc) is 3.42. The molecule has 0 fully saturated rings. The van der Waals surface area contributed by atoms with Crippen LogP contribution in [0, 0.1) is 5.82 Å². The third-order valence-corrected chi connectivity index (χ3v) is 5.24. The van der Waals surface area contributed by atoms with Crippen LogP contribution in [0.4, 0.5) is 4.39 Å². The quantitative estimate of drug-likeness (QED) is 0.486. The van der Waals surface area contributed by atoms with E-state index in [2.05, 4.69) is 15.5 Å². The monoisotopic (exact) mass is 395 g/mol. The van der Waals surface area contributed by atoms with Crippen LogP contribution in [0.2, 0.25) is 0 Å². The Morgan fingerprint density at radius 2 is 1.89 bits per heavy atom. The fourth-order valence-electron chi connectivity index (χ4n) is 2.87. The van der Waals surface area contributed by atoms with E-state index in [-0.39, 0.29) is 11.9 Å². The summed E-state index contributed by atoms with van der Waals surface area (Å²) in [6, 6.07) is 17.9. The van der Waals surface area contributed by atoms with Crippen LogP contribution < -0.4 is 10.1 Å². The number of halogens is 1. The van der Waals surface area contributed by atoms with Crippen molar-refractivity contribution in [3.05, 3.63) is 88.2 Å². The zero-order valence-corrected chi connectivity index (χ0v) is 15.9. The summed E-state index contributed by atoms with van der Waals surface area (Å²) in [6.45, 7) is 0.392. The molecule has 1 atom stereocenters. The number of nitrogens with zero attached hydrogens (tertiary/aromatic N) is 2. The fraction of sp³-hybridized carbons (Fsp3) is 0.143. The van der Waals surface area contributed by atoms with Gasteiger partial charge in [0.25, 0.3) is 0 Å². The van der Waals surface area contributed by atoms with Gasteiger partial charge >= 0.3 is 0 Å².